The molecule has 136 valence electrons. The summed E-state index contributed by atoms with van der Waals surface area (Å²) in [5, 5.41) is 10.7. The van der Waals surface area contributed by atoms with Gasteiger partial charge >= 0.3 is 7.12 Å². The van der Waals surface area contributed by atoms with Crippen LogP contribution in [0.1, 0.15) is 39.7 Å². The summed E-state index contributed by atoms with van der Waals surface area (Å²) >= 11 is 0. The summed E-state index contributed by atoms with van der Waals surface area (Å²) in [7, 11) is 1.27. The number of hydrogen-bond donors (Lipinski definition) is 1. The summed E-state index contributed by atoms with van der Waals surface area (Å²) < 4.78 is 12.2. The van der Waals surface area contributed by atoms with Gasteiger partial charge in [-0.1, -0.05) is 24.0 Å². The SMILES string of the molecule is CN1C(=O)[C@](O)(C#Cc2cccc(B3OC(C)(C)C(C)(C)O3)c2)C2CC21. The van der Waals surface area contributed by atoms with Crippen LogP contribution in [0.25, 0.3) is 0 Å². The van der Waals surface area contributed by atoms with Crippen molar-refractivity contribution in [1.82, 2.24) is 4.90 Å². The van der Waals surface area contributed by atoms with Crippen LogP contribution in [0.3, 0.4) is 0 Å². The van der Waals surface area contributed by atoms with E-state index in [4.69, 9.17) is 9.31 Å². The standard InChI is InChI=1S/C20H24BNO4/c1-18(2)19(3,4)26-21(25-18)14-8-6-7-13(11-14)9-10-20(24)15-12-16(15)22(5)17(20)23/h6-8,11,15-16,24H,12H2,1-5H3/t15?,16?,20-/m0/s1. The summed E-state index contributed by atoms with van der Waals surface area (Å²) in [4.78, 5) is 13.9. The molecule has 3 atom stereocenters. The van der Waals surface area contributed by atoms with E-state index in [9.17, 15) is 9.90 Å². The van der Waals surface area contributed by atoms with E-state index < -0.39 is 23.9 Å². The van der Waals surface area contributed by atoms with Crippen LogP contribution in [-0.2, 0) is 14.1 Å². The highest BCUT2D eigenvalue weighted by atomic mass is 16.7. The number of rotatable bonds is 1. The van der Waals surface area contributed by atoms with Crippen LogP contribution in [-0.4, -0.2) is 52.9 Å². The first kappa shape index (κ1) is 17.6. The zero-order valence-electron chi connectivity index (χ0n) is 15.9. The second-order valence-electron chi connectivity index (χ2n) is 8.56. The lowest BCUT2D eigenvalue weighted by molar-refractivity contribution is -0.140. The van der Waals surface area contributed by atoms with E-state index in [2.05, 4.69) is 11.8 Å². The lowest BCUT2D eigenvalue weighted by atomic mass is 9.78. The molecule has 6 heteroatoms. The number of likely N-dealkylation sites (N-methyl/N-ethyl adjacent to an activating group) is 1. The van der Waals surface area contributed by atoms with Gasteiger partial charge in [0.1, 0.15) is 0 Å². The number of hydrogen-bond acceptors (Lipinski definition) is 4. The van der Waals surface area contributed by atoms with Gasteiger partial charge in [0.05, 0.1) is 11.2 Å². The van der Waals surface area contributed by atoms with E-state index in [1.54, 1.807) is 11.9 Å². The third kappa shape index (κ3) is 2.50. The predicted molar refractivity (Wildman–Crippen MR) is 98.7 cm³/mol. The van der Waals surface area contributed by atoms with Gasteiger partial charge in [-0.15, -0.1) is 0 Å². The van der Waals surface area contributed by atoms with Gasteiger partial charge < -0.3 is 19.3 Å². The van der Waals surface area contributed by atoms with Gasteiger partial charge in [-0.2, -0.15) is 0 Å². The van der Waals surface area contributed by atoms with Crippen molar-refractivity contribution in [2.75, 3.05) is 7.05 Å². The molecule has 1 aliphatic carbocycles. The molecule has 1 N–H and O–H groups in total. The maximum Gasteiger partial charge on any atom is 0.494 e. The Morgan fingerprint density at radius 1 is 1.23 bits per heavy atom. The number of aliphatic hydroxyl groups is 1. The topological polar surface area (TPSA) is 59.0 Å². The average molecular weight is 353 g/mol. The third-order valence-corrected chi connectivity index (χ3v) is 6.25. The molecular formula is C20H24BNO4. The van der Waals surface area contributed by atoms with Gasteiger partial charge in [-0.3, -0.25) is 4.79 Å². The normalized spacial score (nSPS) is 33.7. The molecule has 2 unspecified atom stereocenters. The number of carbonyl (C=O) groups is 1. The van der Waals surface area contributed by atoms with E-state index in [0.717, 1.165) is 17.4 Å². The highest BCUT2D eigenvalue weighted by Crippen LogP contribution is 2.50. The van der Waals surface area contributed by atoms with Gasteiger partial charge in [0.15, 0.2) is 0 Å². The van der Waals surface area contributed by atoms with Gasteiger partial charge in [-0.25, -0.2) is 0 Å². The van der Waals surface area contributed by atoms with E-state index in [1.165, 1.54) is 0 Å². The number of fused-ring (bicyclic) bond motifs is 1. The van der Waals surface area contributed by atoms with Gasteiger partial charge in [-0.05, 0) is 51.7 Å². The summed E-state index contributed by atoms with van der Waals surface area (Å²) in [6.45, 7) is 8.06. The molecule has 3 fully saturated rings. The Bertz CT molecular complexity index is 824. The zero-order valence-corrected chi connectivity index (χ0v) is 15.9. The molecule has 2 heterocycles. The molecule has 1 saturated carbocycles. The van der Waals surface area contributed by atoms with Gasteiger partial charge in [0, 0.05) is 24.6 Å². The minimum atomic E-state index is -1.56. The Labute approximate surface area is 154 Å². The molecule has 1 aromatic carbocycles. The van der Waals surface area contributed by atoms with Crippen molar-refractivity contribution in [2.45, 2.75) is 57.0 Å². The molecule has 3 aliphatic rings. The van der Waals surface area contributed by atoms with E-state index in [0.29, 0.717) is 0 Å². The van der Waals surface area contributed by atoms with Gasteiger partial charge in [0.2, 0.25) is 5.60 Å². The first-order valence-electron chi connectivity index (χ1n) is 9.03. The molecule has 0 spiro atoms. The van der Waals surface area contributed by atoms with Crippen molar-refractivity contribution in [3.05, 3.63) is 29.8 Å². The molecule has 5 nitrogen and oxygen atoms in total. The van der Waals surface area contributed by atoms with Crippen molar-refractivity contribution in [3.63, 3.8) is 0 Å². The predicted octanol–water partition coefficient (Wildman–Crippen LogP) is 0.929. The Balaban J connectivity index is 1.58. The smallest absolute Gasteiger partial charge is 0.399 e. The van der Waals surface area contributed by atoms with Crippen LogP contribution >= 0.6 is 0 Å². The van der Waals surface area contributed by atoms with Crippen molar-refractivity contribution < 1.29 is 19.2 Å². The second kappa shape index (κ2) is 5.35. The first-order chi connectivity index (χ1) is 12.1. The lowest BCUT2D eigenvalue weighted by Crippen LogP contribution is -2.41. The molecule has 26 heavy (non-hydrogen) atoms. The largest absolute Gasteiger partial charge is 0.494 e. The Morgan fingerprint density at radius 2 is 1.88 bits per heavy atom. The van der Waals surface area contributed by atoms with E-state index in [-0.39, 0.29) is 17.9 Å². The maximum absolute atomic E-state index is 12.2. The Kier molecular flexibility index (Phi) is 3.62. The minimum Gasteiger partial charge on any atom is -0.399 e. The number of likely N-dealkylation sites (tertiary alicyclic amines) is 1. The Hall–Kier alpha value is -1.81. The highest BCUT2D eigenvalue weighted by Gasteiger charge is 2.66. The second-order valence-corrected chi connectivity index (χ2v) is 8.56. The van der Waals surface area contributed by atoms with Crippen LogP contribution in [0.2, 0.25) is 0 Å². The Morgan fingerprint density at radius 3 is 2.46 bits per heavy atom. The quantitative estimate of drug-likeness (QED) is 0.603. The van der Waals surface area contributed by atoms with Crippen molar-refractivity contribution >= 4 is 18.5 Å². The average Bonchev–Trinajstić information content (AvgIpc) is 3.31. The first-order valence-corrected chi connectivity index (χ1v) is 9.03. The fourth-order valence-electron chi connectivity index (χ4n) is 3.69. The van der Waals surface area contributed by atoms with Crippen LogP contribution in [0, 0.1) is 17.8 Å². The van der Waals surface area contributed by atoms with Crippen LogP contribution < -0.4 is 5.46 Å². The lowest BCUT2D eigenvalue weighted by Gasteiger charge is -2.32. The molecule has 1 aromatic rings. The highest BCUT2D eigenvalue weighted by molar-refractivity contribution is 6.62. The molecule has 2 saturated heterocycles. The van der Waals surface area contributed by atoms with Crippen molar-refractivity contribution in [2.24, 2.45) is 5.92 Å². The van der Waals surface area contributed by atoms with Crippen molar-refractivity contribution in [1.29, 1.82) is 0 Å². The van der Waals surface area contributed by atoms with Crippen LogP contribution in [0.4, 0.5) is 0 Å². The van der Waals surface area contributed by atoms with Crippen LogP contribution in [0.5, 0.6) is 0 Å². The molecule has 2 aliphatic heterocycles. The molecule has 0 aromatic heterocycles. The fraction of sp³-hybridized carbons (Fsp3) is 0.550. The molecular weight excluding hydrogens is 329 g/mol. The fourth-order valence-corrected chi connectivity index (χ4v) is 3.69. The maximum atomic E-state index is 12.2. The molecule has 1 amide bonds. The summed E-state index contributed by atoms with van der Waals surface area (Å²) in [5.41, 5.74) is -0.765. The van der Waals surface area contributed by atoms with E-state index >= 15 is 0 Å². The monoisotopic (exact) mass is 353 g/mol. The summed E-state index contributed by atoms with van der Waals surface area (Å²) in [6.07, 6.45) is 0.821. The number of carbonyl (C=O) groups excluding carboxylic acids is 1. The molecule has 0 bridgehead atoms. The summed E-state index contributed by atoms with van der Waals surface area (Å²) in [6, 6.07) is 7.72. The summed E-state index contributed by atoms with van der Waals surface area (Å²) in [5.74, 6) is 5.44. The molecule has 0 radical (unpaired) electrons. The number of benzene rings is 1. The molecule has 4 rings (SSSR count). The zero-order chi connectivity index (χ0) is 18.9. The van der Waals surface area contributed by atoms with Gasteiger partial charge in [0.25, 0.3) is 5.91 Å². The van der Waals surface area contributed by atoms with Crippen molar-refractivity contribution in [3.8, 4) is 11.8 Å². The third-order valence-electron chi connectivity index (χ3n) is 6.25. The van der Waals surface area contributed by atoms with E-state index in [1.807, 2.05) is 52.0 Å². The number of amides is 1. The minimum absolute atomic E-state index is 0.0706. The number of nitrogens with zero attached hydrogens (tertiary/aromatic N) is 1. The number of piperidine rings is 1. The van der Waals surface area contributed by atoms with Crippen LogP contribution in [0.15, 0.2) is 24.3 Å².